The number of carbonyl (C=O) groups excluding carboxylic acids is 1. The predicted octanol–water partition coefficient (Wildman–Crippen LogP) is 5.94. The third kappa shape index (κ3) is 2.84. The maximum Gasteiger partial charge on any atom is 0.418 e. The average Bonchev–Trinajstić information content (AvgIpc) is 2.73. The second-order valence-corrected chi connectivity index (χ2v) is 7.66. The summed E-state index contributed by atoms with van der Waals surface area (Å²) in [5, 5.41) is 2.57. The van der Waals surface area contributed by atoms with Gasteiger partial charge in [0.15, 0.2) is 0 Å². The van der Waals surface area contributed by atoms with Crippen molar-refractivity contribution >= 4 is 11.6 Å². The molecule has 29 heavy (non-hydrogen) atoms. The van der Waals surface area contributed by atoms with Gasteiger partial charge in [0.2, 0.25) is 5.91 Å². The lowest BCUT2D eigenvalue weighted by atomic mass is 9.59. The summed E-state index contributed by atoms with van der Waals surface area (Å²) in [6.45, 7) is 0. The quantitative estimate of drug-likeness (QED) is 0.573. The molecule has 0 unspecified atom stereocenters. The lowest BCUT2D eigenvalue weighted by Crippen LogP contribution is -2.39. The van der Waals surface area contributed by atoms with Gasteiger partial charge < -0.3 is 5.32 Å². The smallest absolute Gasteiger partial charge is 0.325 e. The molecule has 3 aliphatic carbocycles. The summed E-state index contributed by atoms with van der Waals surface area (Å²) in [6, 6.07) is 21.3. The van der Waals surface area contributed by atoms with Crippen molar-refractivity contribution in [1.82, 2.24) is 0 Å². The Kier molecular flexibility index (Phi) is 4.02. The molecule has 0 saturated heterocycles. The second kappa shape index (κ2) is 6.48. The molecule has 0 saturated carbocycles. The Morgan fingerprint density at radius 1 is 0.793 bits per heavy atom. The van der Waals surface area contributed by atoms with Gasteiger partial charge in [-0.25, -0.2) is 0 Å². The molecule has 0 fully saturated rings. The number of amides is 1. The Morgan fingerprint density at radius 2 is 1.31 bits per heavy atom. The highest BCUT2D eigenvalue weighted by molar-refractivity contribution is 5.95. The number of hydrogen-bond acceptors (Lipinski definition) is 1. The zero-order valence-corrected chi connectivity index (χ0v) is 15.4. The van der Waals surface area contributed by atoms with E-state index < -0.39 is 17.7 Å². The lowest BCUT2D eigenvalue weighted by molar-refractivity contribution is -0.137. The van der Waals surface area contributed by atoms with E-state index >= 15 is 0 Å². The molecule has 1 atom stereocenters. The van der Waals surface area contributed by atoms with Crippen molar-refractivity contribution in [2.24, 2.45) is 5.92 Å². The zero-order chi connectivity index (χ0) is 20.2. The number of nitrogens with one attached hydrogen (secondary N) is 1. The van der Waals surface area contributed by atoms with Gasteiger partial charge in [-0.1, -0.05) is 60.7 Å². The first kappa shape index (κ1) is 18.0. The number of rotatable bonds is 2. The van der Waals surface area contributed by atoms with E-state index in [2.05, 4.69) is 17.4 Å². The van der Waals surface area contributed by atoms with E-state index in [9.17, 15) is 18.0 Å². The largest absolute Gasteiger partial charge is 0.418 e. The Bertz CT molecular complexity index is 1060. The fourth-order valence-electron chi connectivity index (χ4n) is 4.96. The lowest BCUT2D eigenvalue weighted by Gasteiger charge is -2.44. The normalized spacial score (nSPS) is 22.0. The van der Waals surface area contributed by atoms with E-state index in [0.717, 1.165) is 17.2 Å². The molecular weight excluding hydrogens is 375 g/mol. The first-order valence-corrected chi connectivity index (χ1v) is 9.60. The summed E-state index contributed by atoms with van der Waals surface area (Å²) < 4.78 is 40.0. The Morgan fingerprint density at radius 3 is 1.90 bits per heavy atom. The molecule has 3 aromatic rings. The highest BCUT2D eigenvalue weighted by Crippen LogP contribution is 2.55. The van der Waals surface area contributed by atoms with Crippen LogP contribution < -0.4 is 5.32 Å². The van der Waals surface area contributed by atoms with Gasteiger partial charge in [-0.15, -0.1) is 0 Å². The molecule has 3 aliphatic rings. The van der Waals surface area contributed by atoms with Crippen LogP contribution in [0.1, 0.15) is 46.1 Å². The summed E-state index contributed by atoms with van der Waals surface area (Å²) in [4.78, 5) is 13.2. The van der Waals surface area contributed by atoms with Gasteiger partial charge in [-0.2, -0.15) is 13.2 Å². The highest BCUT2D eigenvalue weighted by atomic mass is 19.4. The molecule has 0 aliphatic heterocycles. The minimum atomic E-state index is -4.52. The van der Waals surface area contributed by atoms with Gasteiger partial charge in [-0.05, 0) is 40.8 Å². The van der Waals surface area contributed by atoms with Gasteiger partial charge in [0.25, 0.3) is 0 Å². The van der Waals surface area contributed by atoms with Gasteiger partial charge in [0.05, 0.1) is 17.2 Å². The van der Waals surface area contributed by atoms with Crippen LogP contribution in [-0.2, 0) is 11.0 Å². The third-order valence-corrected chi connectivity index (χ3v) is 6.13. The molecule has 0 spiro atoms. The Hall–Kier alpha value is -3.08. The van der Waals surface area contributed by atoms with Crippen molar-refractivity contribution in [1.29, 1.82) is 0 Å². The average molecular weight is 393 g/mol. The number of para-hydroxylation sites is 1. The van der Waals surface area contributed by atoms with Gasteiger partial charge >= 0.3 is 6.18 Å². The number of fused-ring (bicyclic) bond motifs is 1. The number of hydrogen-bond donors (Lipinski definition) is 1. The number of alkyl halides is 3. The van der Waals surface area contributed by atoms with E-state index in [4.69, 9.17) is 0 Å². The molecule has 5 heteroatoms. The van der Waals surface area contributed by atoms with E-state index in [0.29, 0.717) is 6.42 Å². The standard InChI is InChI=1S/C24H18F3NO/c25-24(26,27)20-11-5-6-12-21(20)28-23(29)19-13-18-14-7-1-3-9-16(14)22(19)17-10-4-2-8-15(17)18/h1-12,18-19,22H,13H2,(H,28,29)/t18?,19-,22?/m1/s1. The van der Waals surface area contributed by atoms with Crippen LogP contribution in [0.15, 0.2) is 72.8 Å². The van der Waals surface area contributed by atoms with Crippen molar-refractivity contribution < 1.29 is 18.0 Å². The number of benzene rings is 3. The van der Waals surface area contributed by atoms with Crippen molar-refractivity contribution in [3.63, 3.8) is 0 Å². The van der Waals surface area contributed by atoms with Crippen LogP contribution in [0.25, 0.3) is 0 Å². The van der Waals surface area contributed by atoms with Crippen LogP contribution >= 0.6 is 0 Å². The van der Waals surface area contributed by atoms with Gasteiger partial charge in [0, 0.05) is 11.8 Å². The van der Waals surface area contributed by atoms with E-state index in [1.54, 1.807) is 0 Å². The molecule has 3 aromatic carbocycles. The second-order valence-electron chi connectivity index (χ2n) is 7.66. The van der Waals surface area contributed by atoms with Crippen LogP contribution in [0, 0.1) is 5.92 Å². The molecule has 1 amide bonds. The SMILES string of the molecule is O=C(Nc1ccccc1C(F)(F)F)[C@@H]1CC2c3ccccc3C1c1ccccc12. The van der Waals surface area contributed by atoms with Crippen LogP contribution in [0.2, 0.25) is 0 Å². The van der Waals surface area contributed by atoms with Crippen LogP contribution in [-0.4, -0.2) is 5.91 Å². The fourth-order valence-corrected chi connectivity index (χ4v) is 4.96. The van der Waals surface area contributed by atoms with Crippen molar-refractivity contribution in [3.05, 3.63) is 101 Å². The molecule has 0 aromatic heterocycles. The number of carbonyl (C=O) groups is 1. The Labute approximate surface area is 166 Å². The minimum Gasteiger partial charge on any atom is -0.325 e. The molecular formula is C24H18F3NO. The summed E-state index contributed by atoms with van der Waals surface area (Å²) in [5.74, 6) is -0.835. The third-order valence-electron chi connectivity index (χ3n) is 6.13. The molecule has 0 radical (unpaired) electrons. The van der Waals surface area contributed by atoms with E-state index in [1.165, 1.54) is 29.3 Å². The van der Waals surface area contributed by atoms with E-state index in [1.807, 2.05) is 36.4 Å². The van der Waals surface area contributed by atoms with Gasteiger partial charge in [0.1, 0.15) is 0 Å². The number of anilines is 1. The van der Waals surface area contributed by atoms with Crippen LogP contribution in [0.3, 0.4) is 0 Å². The molecule has 2 nitrogen and oxygen atoms in total. The van der Waals surface area contributed by atoms with Crippen molar-refractivity contribution in [2.45, 2.75) is 24.4 Å². The summed E-state index contributed by atoms with van der Waals surface area (Å²) in [5.41, 5.74) is 3.63. The summed E-state index contributed by atoms with van der Waals surface area (Å²) >= 11 is 0. The molecule has 146 valence electrons. The molecule has 2 bridgehead atoms. The monoisotopic (exact) mass is 393 g/mol. The Balaban J connectivity index is 1.54. The van der Waals surface area contributed by atoms with Crippen LogP contribution in [0.4, 0.5) is 18.9 Å². The summed E-state index contributed by atoms with van der Waals surface area (Å²) in [6.07, 6.45) is -3.92. The summed E-state index contributed by atoms with van der Waals surface area (Å²) in [7, 11) is 0. The minimum absolute atomic E-state index is 0.0843. The van der Waals surface area contributed by atoms with Crippen LogP contribution in [0.5, 0.6) is 0 Å². The first-order chi connectivity index (χ1) is 13.9. The highest BCUT2D eigenvalue weighted by Gasteiger charge is 2.46. The number of halogens is 3. The maximum absolute atomic E-state index is 13.3. The van der Waals surface area contributed by atoms with Gasteiger partial charge in [-0.3, -0.25) is 4.79 Å². The van der Waals surface area contributed by atoms with Crippen molar-refractivity contribution in [3.8, 4) is 0 Å². The fraction of sp³-hybridized carbons (Fsp3) is 0.208. The predicted molar refractivity (Wildman–Crippen MR) is 105 cm³/mol. The molecule has 1 N–H and O–H groups in total. The maximum atomic E-state index is 13.3. The zero-order valence-electron chi connectivity index (χ0n) is 15.4. The van der Waals surface area contributed by atoms with E-state index in [-0.39, 0.29) is 23.4 Å². The molecule has 6 rings (SSSR count). The molecule has 0 heterocycles. The van der Waals surface area contributed by atoms with Crippen molar-refractivity contribution in [2.75, 3.05) is 5.32 Å². The first-order valence-electron chi connectivity index (χ1n) is 9.60. The topological polar surface area (TPSA) is 29.1 Å².